The third-order valence-corrected chi connectivity index (χ3v) is 7.83. The van der Waals surface area contributed by atoms with Gasteiger partial charge in [-0.05, 0) is 31.7 Å². The Bertz CT molecular complexity index is 842. The predicted octanol–water partition coefficient (Wildman–Crippen LogP) is 1.26. The van der Waals surface area contributed by atoms with Gasteiger partial charge < -0.3 is 14.6 Å². The first kappa shape index (κ1) is 20.3. The highest BCUT2D eigenvalue weighted by molar-refractivity contribution is 7.91. The first-order chi connectivity index (χ1) is 12.2. The van der Waals surface area contributed by atoms with E-state index < -0.39 is 38.2 Å². The standard InChI is InChI=1S/C15H19NO8S2/c1-8-10(13(19)23-2)15(25-11(8)14(20)24-3)26(21,22)16-7-5-4-6-9(16)12(17)18/h9H,4-7H2,1-3H3,(H,17,18)/t9-/m1/s1. The summed E-state index contributed by atoms with van der Waals surface area (Å²) in [6.07, 6.45) is 1.27. The summed E-state index contributed by atoms with van der Waals surface area (Å²) in [6.45, 7) is 1.43. The van der Waals surface area contributed by atoms with Gasteiger partial charge in [-0.1, -0.05) is 0 Å². The molecule has 0 aromatic carbocycles. The van der Waals surface area contributed by atoms with Crippen LogP contribution in [0.3, 0.4) is 0 Å². The Balaban J connectivity index is 2.66. The molecule has 1 N–H and O–H groups in total. The Kier molecular flexibility index (Phi) is 6.04. The lowest BCUT2D eigenvalue weighted by molar-refractivity contribution is -0.142. The minimum Gasteiger partial charge on any atom is -0.480 e. The molecule has 0 radical (unpaired) electrons. The molecule has 1 atom stereocenters. The number of piperidine rings is 1. The number of rotatable bonds is 5. The van der Waals surface area contributed by atoms with Crippen LogP contribution in [0.2, 0.25) is 0 Å². The summed E-state index contributed by atoms with van der Waals surface area (Å²) < 4.78 is 36.0. The number of ether oxygens (including phenoxy) is 2. The Morgan fingerprint density at radius 3 is 2.31 bits per heavy atom. The van der Waals surface area contributed by atoms with E-state index in [4.69, 9.17) is 0 Å². The van der Waals surface area contributed by atoms with Gasteiger partial charge in [0, 0.05) is 6.54 Å². The minimum atomic E-state index is -4.32. The Morgan fingerprint density at radius 2 is 1.77 bits per heavy atom. The molecule has 26 heavy (non-hydrogen) atoms. The van der Waals surface area contributed by atoms with Crippen LogP contribution in [0.4, 0.5) is 0 Å². The van der Waals surface area contributed by atoms with Crippen LogP contribution in [-0.4, -0.2) is 62.5 Å². The van der Waals surface area contributed by atoms with Crippen molar-refractivity contribution in [1.82, 2.24) is 4.31 Å². The van der Waals surface area contributed by atoms with Crippen molar-refractivity contribution in [2.24, 2.45) is 0 Å². The summed E-state index contributed by atoms with van der Waals surface area (Å²) in [5.41, 5.74) is -0.149. The van der Waals surface area contributed by atoms with Crippen LogP contribution in [-0.2, 0) is 24.3 Å². The van der Waals surface area contributed by atoms with Crippen LogP contribution in [0.1, 0.15) is 44.9 Å². The van der Waals surface area contributed by atoms with Crippen molar-refractivity contribution in [3.8, 4) is 0 Å². The number of esters is 2. The topological polar surface area (TPSA) is 127 Å². The molecule has 9 nitrogen and oxygen atoms in total. The van der Waals surface area contributed by atoms with Crippen molar-refractivity contribution < 1.29 is 37.4 Å². The maximum Gasteiger partial charge on any atom is 0.348 e. The highest BCUT2D eigenvalue weighted by atomic mass is 32.2. The van der Waals surface area contributed by atoms with Gasteiger partial charge in [-0.25, -0.2) is 18.0 Å². The third-order valence-electron chi connectivity index (χ3n) is 4.16. The fourth-order valence-corrected chi connectivity index (χ4v) is 6.35. The second-order valence-corrected chi connectivity index (χ2v) is 8.77. The van der Waals surface area contributed by atoms with E-state index in [1.165, 1.54) is 6.92 Å². The van der Waals surface area contributed by atoms with Gasteiger partial charge >= 0.3 is 17.9 Å². The molecule has 1 aliphatic rings. The number of methoxy groups -OCH3 is 2. The summed E-state index contributed by atoms with van der Waals surface area (Å²) in [5, 5.41) is 9.36. The van der Waals surface area contributed by atoms with Crippen molar-refractivity contribution in [2.75, 3.05) is 20.8 Å². The van der Waals surface area contributed by atoms with Crippen molar-refractivity contribution in [2.45, 2.75) is 36.4 Å². The second kappa shape index (κ2) is 7.72. The first-order valence-electron chi connectivity index (χ1n) is 7.71. The average Bonchev–Trinajstić information content (AvgIpc) is 2.98. The Hall–Kier alpha value is -1.98. The largest absolute Gasteiger partial charge is 0.480 e. The van der Waals surface area contributed by atoms with Gasteiger partial charge in [-0.15, -0.1) is 11.3 Å². The van der Waals surface area contributed by atoms with E-state index in [9.17, 15) is 27.9 Å². The SMILES string of the molecule is COC(=O)c1sc(S(=O)(=O)N2CCCC[C@@H]2C(=O)O)c(C(=O)OC)c1C. The zero-order valence-corrected chi connectivity index (χ0v) is 16.1. The molecule has 144 valence electrons. The average molecular weight is 405 g/mol. The van der Waals surface area contributed by atoms with Gasteiger partial charge in [0.2, 0.25) is 0 Å². The number of aliphatic carboxylic acids is 1. The summed E-state index contributed by atoms with van der Waals surface area (Å²) in [5.74, 6) is -2.96. The van der Waals surface area contributed by atoms with Crippen molar-refractivity contribution in [3.05, 3.63) is 16.0 Å². The van der Waals surface area contributed by atoms with E-state index >= 15 is 0 Å². The van der Waals surface area contributed by atoms with E-state index in [-0.39, 0.29) is 29.0 Å². The van der Waals surface area contributed by atoms with Crippen LogP contribution in [0.15, 0.2) is 4.21 Å². The zero-order chi connectivity index (χ0) is 19.6. The van der Waals surface area contributed by atoms with Crippen LogP contribution < -0.4 is 0 Å². The molecule has 1 saturated heterocycles. The van der Waals surface area contributed by atoms with E-state index in [0.717, 1.165) is 18.5 Å². The Labute approximate surface area is 154 Å². The molecular weight excluding hydrogens is 386 g/mol. The zero-order valence-electron chi connectivity index (χ0n) is 14.5. The lowest BCUT2D eigenvalue weighted by Gasteiger charge is -2.31. The molecule has 0 spiro atoms. The number of carboxylic acid groups (broad SMARTS) is 1. The van der Waals surface area contributed by atoms with E-state index in [2.05, 4.69) is 9.47 Å². The molecule has 0 aliphatic carbocycles. The smallest absolute Gasteiger partial charge is 0.348 e. The first-order valence-corrected chi connectivity index (χ1v) is 9.97. The highest BCUT2D eigenvalue weighted by Crippen LogP contribution is 2.37. The number of hydrogen-bond acceptors (Lipinski definition) is 8. The van der Waals surface area contributed by atoms with Gasteiger partial charge in [-0.2, -0.15) is 4.31 Å². The summed E-state index contributed by atoms with van der Waals surface area (Å²) in [7, 11) is -2.09. The van der Waals surface area contributed by atoms with E-state index in [1.54, 1.807) is 0 Å². The Morgan fingerprint density at radius 1 is 1.15 bits per heavy atom. The summed E-state index contributed by atoms with van der Waals surface area (Å²) in [6, 6.07) is -1.22. The number of nitrogens with zero attached hydrogens (tertiary/aromatic N) is 1. The molecule has 1 aromatic rings. The van der Waals surface area contributed by atoms with Crippen molar-refractivity contribution >= 4 is 39.3 Å². The summed E-state index contributed by atoms with van der Waals surface area (Å²) >= 11 is 0.579. The number of carbonyl (C=O) groups excluding carboxylic acids is 2. The lowest BCUT2D eigenvalue weighted by Crippen LogP contribution is -2.47. The highest BCUT2D eigenvalue weighted by Gasteiger charge is 2.42. The van der Waals surface area contributed by atoms with Crippen LogP contribution in [0.25, 0.3) is 0 Å². The van der Waals surface area contributed by atoms with Crippen LogP contribution in [0.5, 0.6) is 0 Å². The number of carboxylic acids is 1. The second-order valence-electron chi connectivity index (χ2n) is 5.67. The molecule has 11 heteroatoms. The molecule has 0 saturated carbocycles. The molecule has 0 amide bonds. The van der Waals surface area contributed by atoms with Crippen LogP contribution >= 0.6 is 11.3 Å². The number of sulfonamides is 1. The molecule has 2 rings (SSSR count). The quantitative estimate of drug-likeness (QED) is 0.725. The molecule has 0 bridgehead atoms. The lowest BCUT2D eigenvalue weighted by atomic mass is 10.1. The van der Waals surface area contributed by atoms with E-state index in [1.807, 2.05) is 0 Å². The van der Waals surface area contributed by atoms with Gasteiger partial charge in [0.05, 0.1) is 19.8 Å². The molecular formula is C15H19NO8S2. The monoisotopic (exact) mass is 405 g/mol. The van der Waals surface area contributed by atoms with Gasteiger partial charge in [-0.3, -0.25) is 4.79 Å². The van der Waals surface area contributed by atoms with Gasteiger partial charge in [0.25, 0.3) is 10.0 Å². The molecule has 1 aromatic heterocycles. The maximum absolute atomic E-state index is 13.1. The van der Waals surface area contributed by atoms with E-state index in [0.29, 0.717) is 24.2 Å². The molecule has 1 fully saturated rings. The fraction of sp³-hybridized carbons (Fsp3) is 0.533. The van der Waals surface area contributed by atoms with Gasteiger partial charge in [0.15, 0.2) is 4.21 Å². The number of hydrogen-bond donors (Lipinski definition) is 1. The van der Waals surface area contributed by atoms with Crippen molar-refractivity contribution in [1.29, 1.82) is 0 Å². The molecule has 0 unspecified atom stereocenters. The molecule has 2 heterocycles. The predicted molar refractivity (Wildman–Crippen MR) is 90.9 cm³/mol. The summed E-state index contributed by atoms with van der Waals surface area (Å²) in [4.78, 5) is 35.5. The number of carbonyl (C=O) groups is 3. The normalized spacial score (nSPS) is 18.3. The molecule has 1 aliphatic heterocycles. The number of thiophene rings is 1. The fourth-order valence-electron chi connectivity index (χ4n) is 2.84. The van der Waals surface area contributed by atoms with Gasteiger partial charge in [0.1, 0.15) is 10.9 Å². The van der Waals surface area contributed by atoms with Crippen molar-refractivity contribution in [3.63, 3.8) is 0 Å². The third kappa shape index (κ3) is 3.46. The minimum absolute atomic E-state index is 0.0183. The van der Waals surface area contributed by atoms with Crippen LogP contribution in [0, 0.1) is 6.92 Å². The maximum atomic E-state index is 13.1.